The number of hydrogen-bond donors (Lipinski definition) is 1. The summed E-state index contributed by atoms with van der Waals surface area (Å²) in [5.74, 6) is 0. The zero-order valence-electron chi connectivity index (χ0n) is 6.61. The van der Waals surface area contributed by atoms with Crippen LogP contribution in [0.2, 0.25) is 0 Å². The van der Waals surface area contributed by atoms with Crippen LogP contribution in [0.4, 0.5) is 0 Å². The smallest absolute Gasteiger partial charge is 0.0619 e. The lowest BCUT2D eigenvalue weighted by Crippen LogP contribution is -2.29. The molecule has 0 aliphatic carbocycles. The lowest BCUT2D eigenvalue weighted by Gasteiger charge is -2.12. The van der Waals surface area contributed by atoms with E-state index in [0.29, 0.717) is 6.04 Å². The quantitative estimate of drug-likeness (QED) is 0.601. The predicted octanol–water partition coefficient (Wildman–Crippen LogP) is 1.02. The van der Waals surface area contributed by atoms with Crippen molar-refractivity contribution in [3.05, 3.63) is 0 Å². The van der Waals surface area contributed by atoms with Crippen LogP contribution in [0.3, 0.4) is 0 Å². The van der Waals surface area contributed by atoms with Gasteiger partial charge >= 0.3 is 0 Å². The Balaban J connectivity index is 3.09. The summed E-state index contributed by atoms with van der Waals surface area (Å²) in [5, 5.41) is 3.16. The zero-order valence-corrected chi connectivity index (χ0v) is 6.61. The molecule has 0 aliphatic rings. The van der Waals surface area contributed by atoms with Crippen LogP contribution in [0, 0.1) is 0 Å². The van der Waals surface area contributed by atoms with Gasteiger partial charge in [0.05, 0.1) is 6.61 Å². The number of ether oxygens (including phenoxy) is 1. The highest BCUT2D eigenvalue weighted by atomic mass is 16.5. The monoisotopic (exact) mass is 131 g/mol. The lowest BCUT2D eigenvalue weighted by molar-refractivity contribution is 0.124. The van der Waals surface area contributed by atoms with Crippen molar-refractivity contribution >= 4 is 0 Å². The maximum Gasteiger partial charge on any atom is 0.0619 e. The minimum atomic E-state index is 0.532. The Hall–Kier alpha value is -0.0800. The number of likely N-dealkylation sites (N-methyl/N-ethyl adjacent to an activating group) is 1. The van der Waals surface area contributed by atoms with E-state index in [1.165, 1.54) is 0 Å². The molecule has 0 aliphatic heterocycles. The summed E-state index contributed by atoms with van der Waals surface area (Å²) in [4.78, 5) is 0. The number of hydrogen-bond acceptors (Lipinski definition) is 2. The Kier molecular flexibility index (Phi) is 5.99. The summed E-state index contributed by atoms with van der Waals surface area (Å²) in [6, 6.07) is 0.532. The van der Waals surface area contributed by atoms with E-state index in [1.807, 2.05) is 14.0 Å². The van der Waals surface area contributed by atoms with E-state index in [2.05, 4.69) is 12.2 Å². The van der Waals surface area contributed by atoms with E-state index in [0.717, 1.165) is 19.6 Å². The van der Waals surface area contributed by atoms with Gasteiger partial charge in [0.2, 0.25) is 0 Å². The second-order valence-electron chi connectivity index (χ2n) is 2.05. The van der Waals surface area contributed by atoms with Gasteiger partial charge in [-0.2, -0.15) is 0 Å². The van der Waals surface area contributed by atoms with Crippen LogP contribution in [0.1, 0.15) is 20.3 Å². The first kappa shape index (κ1) is 8.92. The molecule has 0 aromatic rings. The fourth-order valence-electron chi connectivity index (χ4n) is 0.665. The van der Waals surface area contributed by atoms with Crippen LogP contribution in [0.15, 0.2) is 0 Å². The number of nitrogens with one attached hydrogen (secondary N) is 1. The van der Waals surface area contributed by atoms with Gasteiger partial charge in [0.1, 0.15) is 0 Å². The van der Waals surface area contributed by atoms with Crippen molar-refractivity contribution in [3.63, 3.8) is 0 Å². The van der Waals surface area contributed by atoms with Crippen LogP contribution in [-0.2, 0) is 4.74 Å². The molecule has 0 heterocycles. The molecule has 1 N–H and O–H groups in total. The molecule has 1 atom stereocenters. The van der Waals surface area contributed by atoms with Crippen LogP contribution in [-0.4, -0.2) is 26.3 Å². The van der Waals surface area contributed by atoms with Gasteiger partial charge in [0, 0.05) is 12.6 Å². The largest absolute Gasteiger partial charge is 0.380 e. The summed E-state index contributed by atoms with van der Waals surface area (Å²) in [6.07, 6.45) is 1.14. The van der Waals surface area contributed by atoms with Crippen LogP contribution in [0.25, 0.3) is 0 Å². The minimum absolute atomic E-state index is 0.532. The first-order valence-corrected chi connectivity index (χ1v) is 3.60. The van der Waals surface area contributed by atoms with E-state index < -0.39 is 0 Å². The fourth-order valence-corrected chi connectivity index (χ4v) is 0.665. The second-order valence-corrected chi connectivity index (χ2v) is 2.05. The molecule has 0 rings (SSSR count). The Morgan fingerprint density at radius 1 is 1.44 bits per heavy atom. The van der Waals surface area contributed by atoms with Crippen molar-refractivity contribution in [1.82, 2.24) is 5.32 Å². The van der Waals surface area contributed by atoms with Crippen molar-refractivity contribution in [2.75, 3.05) is 20.3 Å². The minimum Gasteiger partial charge on any atom is -0.380 e. The SMILES string of the molecule is CCOCC(CC)NC. The van der Waals surface area contributed by atoms with Gasteiger partial charge in [-0.25, -0.2) is 0 Å². The van der Waals surface area contributed by atoms with Crippen molar-refractivity contribution in [2.24, 2.45) is 0 Å². The van der Waals surface area contributed by atoms with Crippen LogP contribution >= 0.6 is 0 Å². The van der Waals surface area contributed by atoms with E-state index in [1.54, 1.807) is 0 Å². The molecule has 56 valence electrons. The van der Waals surface area contributed by atoms with Crippen LogP contribution in [0.5, 0.6) is 0 Å². The van der Waals surface area contributed by atoms with E-state index in [9.17, 15) is 0 Å². The standard InChI is InChI=1S/C7H17NO/c1-4-7(8-3)6-9-5-2/h7-8H,4-6H2,1-3H3. The molecule has 0 spiro atoms. The average Bonchev–Trinajstić information content (AvgIpc) is 1.91. The third kappa shape index (κ3) is 4.43. The molecule has 0 aromatic heterocycles. The second kappa shape index (κ2) is 6.05. The van der Waals surface area contributed by atoms with Crippen molar-refractivity contribution in [3.8, 4) is 0 Å². The highest BCUT2D eigenvalue weighted by Gasteiger charge is 1.99. The van der Waals surface area contributed by atoms with E-state index in [4.69, 9.17) is 4.74 Å². The Bertz CT molecular complexity index is 52.9. The van der Waals surface area contributed by atoms with Gasteiger partial charge in [0.25, 0.3) is 0 Å². The third-order valence-corrected chi connectivity index (χ3v) is 1.42. The van der Waals surface area contributed by atoms with Crippen LogP contribution < -0.4 is 5.32 Å². The molecule has 0 amide bonds. The molecule has 0 bridgehead atoms. The van der Waals surface area contributed by atoms with Gasteiger partial charge in [-0.05, 0) is 20.4 Å². The summed E-state index contributed by atoms with van der Waals surface area (Å²) in [7, 11) is 1.97. The van der Waals surface area contributed by atoms with Gasteiger partial charge in [0.15, 0.2) is 0 Å². The maximum atomic E-state index is 5.21. The van der Waals surface area contributed by atoms with Crippen molar-refractivity contribution in [1.29, 1.82) is 0 Å². The fraction of sp³-hybridized carbons (Fsp3) is 1.00. The molecular weight excluding hydrogens is 114 g/mol. The first-order valence-electron chi connectivity index (χ1n) is 3.60. The number of rotatable bonds is 5. The normalized spacial score (nSPS) is 13.7. The molecule has 0 aromatic carbocycles. The van der Waals surface area contributed by atoms with Crippen molar-refractivity contribution in [2.45, 2.75) is 26.3 Å². The Morgan fingerprint density at radius 3 is 2.44 bits per heavy atom. The predicted molar refractivity (Wildman–Crippen MR) is 39.6 cm³/mol. The molecule has 0 saturated heterocycles. The van der Waals surface area contributed by atoms with E-state index in [-0.39, 0.29) is 0 Å². The van der Waals surface area contributed by atoms with Gasteiger partial charge in [-0.15, -0.1) is 0 Å². The third-order valence-electron chi connectivity index (χ3n) is 1.42. The van der Waals surface area contributed by atoms with Gasteiger partial charge in [-0.1, -0.05) is 6.92 Å². The van der Waals surface area contributed by atoms with E-state index >= 15 is 0 Å². The summed E-state index contributed by atoms with van der Waals surface area (Å²) < 4.78 is 5.21. The highest BCUT2D eigenvalue weighted by molar-refractivity contribution is 4.58. The summed E-state index contributed by atoms with van der Waals surface area (Å²) in [5.41, 5.74) is 0. The molecule has 2 heteroatoms. The summed E-state index contributed by atoms with van der Waals surface area (Å²) in [6.45, 7) is 5.82. The summed E-state index contributed by atoms with van der Waals surface area (Å²) >= 11 is 0. The molecular formula is C7H17NO. The first-order chi connectivity index (χ1) is 4.35. The molecule has 9 heavy (non-hydrogen) atoms. The maximum absolute atomic E-state index is 5.21. The molecule has 1 unspecified atom stereocenters. The molecule has 0 radical (unpaired) electrons. The average molecular weight is 131 g/mol. The van der Waals surface area contributed by atoms with Gasteiger partial charge in [-0.3, -0.25) is 0 Å². The molecule has 0 fully saturated rings. The lowest BCUT2D eigenvalue weighted by atomic mass is 10.2. The highest BCUT2D eigenvalue weighted by Crippen LogP contribution is 1.89. The van der Waals surface area contributed by atoms with Gasteiger partial charge < -0.3 is 10.1 Å². The Labute approximate surface area is 57.6 Å². The molecule has 2 nitrogen and oxygen atoms in total. The zero-order chi connectivity index (χ0) is 7.11. The van der Waals surface area contributed by atoms with Crippen molar-refractivity contribution < 1.29 is 4.74 Å². The molecule has 0 saturated carbocycles. The Morgan fingerprint density at radius 2 is 2.11 bits per heavy atom. The topological polar surface area (TPSA) is 21.3 Å².